The van der Waals surface area contributed by atoms with Crippen LogP contribution in [-0.4, -0.2) is 56.3 Å². The van der Waals surface area contributed by atoms with E-state index in [0.717, 1.165) is 51.2 Å². The van der Waals surface area contributed by atoms with E-state index in [9.17, 15) is 8.78 Å². The minimum absolute atomic E-state index is 0.189. The summed E-state index contributed by atoms with van der Waals surface area (Å²) in [5.74, 6) is -0.263. The number of piperidine rings is 1. The summed E-state index contributed by atoms with van der Waals surface area (Å²) < 4.78 is 32.5. The van der Waals surface area contributed by atoms with Crippen LogP contribution in [0.4, 0.5) is 8.78 Å². The molecule has 1 aromatic rings. The van der Waals surface area contributed by atoms with Crippen LogP contribution in [0.1, 0.15) is 32.3 Å². The lowest BCUT2D eigenvalue weighted by Crippen LogP contribution is -2.49. The van der Waals surface area contributed by atoms with Crippen molar-refractivity contribution >= 4 is 5.96 Å². The Kier molecular flexibility index (Phi) is 8.25. The quantitative estimate of drug-likeness (QED) is 0.574. The lowest BCUT2D eigenvalue weighted by molar-refractivity contribution is 0.0532. The molecule has 0 saturated carbocycles. The first-order chi connectivity index (χ1) is 12.5. The Hall–Kier alpha value is -1.73. The first-order valence-corrected chi connectivity index (χ1v) is 9.23. The molecule has 0 amide bonds. The lowest BCUT2D eigenvalue weighted by atomic mass is 10.1. The third kappa shape index (κ3) is 6.88. The Balaban J connectivity index is 1.73. The Labute approximate surface area is 154 Å². The first-order valence-electron chi connectivity index (χ1n) is 9.23. The van der Waals surface area contributed by atoms with Crippen LogP contribution in [0.3, 0.4) is 0 Å². The third-order valence-electron chi connectivity index (χ3n) is 4.46. The van der Waals surface area contributed by atoms with Crippen LogP contribution in [0.2, 0.25) is 0 Å². The van der Waals surface area contributed by atoms with Crippen LogP contribution in [0.15, 0.2) is 23.2 Å². The van der Waals surface area contributed by atoms with Gasteiger partial charge in [0.05, 0.1) is 12.7 Å². The molecule has 0 atom stereocenters. The number of rotatable bonds is 7. The number of hydrogen-bond donors (Lipinski definition) is 2. The van der Waals surface area contributed by atoms with E-state index < -0.39 is 11.6 Å². The molecular weight excluding hydrogens is 338 g/mol. The molecular formula is C19H30F2N4O. The molecule has 26 heavy (non-hydrogen) atoms. The van der Waals surface area contributed by atoms with Crippen molar-refractivity contribution in [1.82, 2.24) is 15.5 Å². The molecule has 1 aromatic carbocycles. The third-order valence-corrected chi connectivity index (χ3v) is 4.46. The van der Waals surface area contributed by atoms with Crippen LogP contribution in [0.25, 0.3) is 0 Å². The highest BCUT2D eigenvalue weighted by molar-refractivity contribution is 5.79. The van der Waals surface area contributed by atoms with E-state index in [-0.39, 0.29) is 18.2 Å². The van der Waals surface area contributed by atoms with Gasteiger partial charge in [-0.2, -0.15) is 0 Å². The average molecular weight is 368 g/mol. The van der Waals surface area contributed by atoms with Gasteiger partial charge in [-0.1, -0.05) is 0 Å². The maximum Gasteiger partial charge on any atom is 0.191 e. The standard InChI is InChI=1S/C19H30F2N4O/c1-14(2)26-11-10-25-8-6-17(7-9-25)24-19(22-3)23-13-15-12-16(20)4-5-18(15)21/h4-5,12,14,17H,6-11,13H2,1-3H3,(H2,22,23,24). The van der Waals surface area contributed by atoms with E-state index in [4.69, 9.17) is 4.74 Å². The normalized spacial score (nSPS) is 16.9. The topological polar surface area (TPSA) is 48.9 Å². The van der Waals surface area contributed by atoms with Crippen LogP contribution >= 0.6 is 0 Å². The number of nitrogens with zero attached hydrogens (tertiary/aromatic N) is 2. The number of hydrogen-bond acceptors (Lipinski definition) is 3. The summed E-state index contributed by atoms with van der Waals surface area (Å²) in [7, 11) is 1.68. The van der Waals surface area contributed by atoms with Gasteiger partial charge in [0.25, 0.3) is 0 Å². The zero-order valence-corrected chi connectivity index (χ0v) is 15.9. The Morgan fingerprint density at radius 1 is 1.31 bits per heavy atom. The Morgan fingerprint density at radius 3 is 2.69 bits per heavy atom. The number of likely N-dealkylation sites (tertiary alicyclic amines) is 1. The van der Waals surface area contributed by atoms with Gasteiger partial charge in [-0.3, -0.25) is 4.99 Å². The average Bonchev–Trinajstić information content (AvgIpc) is 2.62. The molecule has 0 radical (unpaired) electrons. The number of nitrogens with one attached hydrogen (secondary N) is 2. The fourth-order valence-corrected chi connectivity index (χ4v) is 2.96. The summed E-state index contributed by atoms with van der Waals surface area (Å²) in [5.41, 5.74) is 0.285. The lowest BCUT2D eigenvalue weighted by Gasteiger charge is -2.33. The molecule has 0 bridgehead atoms. The molecule has 1 saturated heterocycles. The number of aliphatic imine (C=N–C) groups is 1. The maximum absolute atomic E-state index is 13.7. The Morgan fingerprint density at radius 2 is 2.04 bits per heavy atom. The van der Waals surface area contributed by atoms with Gasteiger partial charge in [0.1, 0.15) is 11.6 Å². The van der Waals surface area contributed by atoms with Gasteiger partial charge in [0.2, 0.25) is 0 Å². The summed E-state index contributed by atoms with van der Waals surface area (Å²) in [6.45, 7) is 8.02. The van der Waals surface area contributed by atoms with E-state index in [1.807, 2.05) is 13.8 Å². The molecule has 0 spiro atoms. The summed E-state index contributed by atoms with van der Waals surface area (Å²) >= 11 is 0. The molecule has 2 N–H and O–H groups in total. The monoisotopic (exact) mass is 368 g/mol. The van der Waals surface area contributed by atoms with Crippen molar-refractivity contribution in [2.75, 3.05) is 33.3 Å². The van der Waals surface area contributed by atoms with Gasteiger partial charge in [-0.05, 0) is 44.9 Å². The van der Waals surface area contributed by atoms with Gasteiger partial charge < -0.3 is 20.3 Å². The number of guanidine groups is 1. The predicted molar refractivity (Wildman–Crippen MR) is 100 cm³/mol. The molecule has 7 heteroatoms. The van der Waals surface area contributed by atoms with Crippen molar-refractivity contribution in [3.8, 4) is 0 Å². The molecule has 2 rings (SSSR count). The second-order valence-corrected chi connectivity index (χ2v) is 6.84. The molecule has 5 nitrogen and oxygen atoms in total. The smallest absolute Gasteiger partial charge is 0.191 e. The summed E-state index contributed by atoms with van der Waals surface area (Å²) in [6, 6.07) is 3.78. The fourth-order valence-electron chi connectivity index (χ4n) is 2.96. The molecule has 1 aliphatic heterocycles. The van der Waals surface area contributed by atoms with Crippen LogP contribution < -0.4 is 10.6 Å². The minimum Gasteiger partial charge on any atom is -0.377 e. The first kappa shape index (κ1) is 20.6. The van der Waals surface area contributed by atoms with Crippen LogP contribution in [-0.2, 0) is 11.3 Å². The summed E-state index contributed by atoms with van der Waals surface area (Å²) in [6.07, 6.45) is 2.29. The predicted octanol–water partition coefficient (Wildman–Crippen LogP) is 2.52. The summed E-state index contributed by atoms with van der Waals surface area (Å²) in [4.78, 5) is 6.58. The molecule has 1 aliphatic rings. The second-order valence-electron chi connectivity index (χ2n) is 6.84. The summed E-state index contributed by atoms with van der Waals surface area (Å²) in [5, 5.41) is 6.43. The van der Waals surface area contributed by atoms with Gasteiger partial charge in [-0.25, -0.2) is 8.78 Å². The molecule has 1 fully saturated rings. The highest BCUT2D eigenvalue weighted by atomic mass is 19.1. The largest absolute Gasteiger partial charge is 0.377 e. The van der Waals surface area contributed by atoms with Gasteiger partial charge in [-0.15, -0.1) is 0 Å². The SMILES string of the molecule is CN=C(NCc1cc(F)ccc1F)NC1CCN(CCOC(C)C)CC1. The molecule has 146 valence electrons. The van der Waals surface area contributed by atoms with Gasteiger partial charge >= 0.3 is 0 Å². The number of halogens is 2. The van der Waals surface area contributed by atoms with E-state index in [1.54, 1.807) is 7.05 Å². The van der Waals surface area contributed by atoms with E-state index in [0.29, 0.717) is 12.0 Å². The highest BCUT2D eigenvalue weighted by Gasteiger charge is 2.20. The minimum atomic E-state index is -0.444. The zero-order chi connectivity index (χ0) is 18.9. The van der Waals surface area contributed by atoms with Crippen molar-refractivity contribution in [2.24, 2.45) is 4.99 Å². The van der Waals surface area contributed by atoms with E-state index in [1.165, 1.54) is 6.07 Å². The van der Waals surface area contributed by atoms with Crippen molar-refractivity contribution in [2.45, 2.75) is 45.4 Å². The molecule has 1 heterocycles. The van der Waals surface area contributed by atoms with Gasteiger partial charge in [0, 0.05) is 44.8 Å². The Bertz CT molecular complexity index is 587. The van der Waals surface area contributed by atoms with Gasteiger partial charge in [0.15, 0.2) is 5.96 Å². The number of benzene rings is 1. The molecule has 0 aliphatic carbocycles. The fraction of sp³-hybridized carbons (Fsp3) is 0.632. The molecule has 0 aromatic heterocycles. The second kappa shape index (κ2) is 10.4. The van der Waals surface area contributed by atoms with Crippen molar-refractivity contribution in [3.63, 3.8) is 0 Å². The van der Waals surface area contributed by atoms with Crippen molar-refractivity contribution in [1.29, 1.82) is 0 Å². The number of ether oxygens (including phenoxy) is 1. The van der Waals surface area contributed by atoms with E-state index in [2.05, 4.69) is 20.5 Å². The van der Waals surface area contributed by atoms with Crippen LogP contribution in [0, 0.1) is 11.6 Å². The zero-order valence-electron chi connectivity index (χ0n) is 15.9. The van der Waals surface area contributed by atoms with E-state index >= 15 is 0 Å². The highest BCUT2D eigenvalue weighted by Crippen LogP contribution is 2.11. The maximum atomic E-state index is 13.7. The van der Waals surface area contributed by atoms with Crippen LogP contribution in [0.5, 0.6) is 0 Å². The van der Waals surface area contributed by atoms with Crippen molar-refractivity contribution < 1.29 is 13.5 Å². The molecule has 0 unspecified atom stereocenters. The van der Waals surface area contributed by atoms with Crippen molar-refractivity contribution in [3.05, 3.63) is 35.4 Å².